The average Bonchev–Trinajstić information content (AvgIpc) is 2.85. The summed E-state index contributed by atoms with van der Waals surface area (Å²) >= 11 is 6.18. The Labute approximate surface area is 225 Å². The van der Waals surface area contributed by atoms with Gasteiger partial charge in [-0.05, 0) is 92.4 Å². The summed E-state index contributed by atoms with van der Waals surface area (Å²) in [6.07, 6.45) is 1.29. The minimum Gasteiger partial charge on any atom is -0.483 e. The maximum atomic E-state index is 13.3. The molecule has 8 nitrogen and oxygen atoms in total. The molecular formula is C29H26ClN3O5. The summed E-state index contributed by atoms with van der Waals surface area (Å²) < 4.78 is 5.73. The lowest BCUT2D eigenvalue weighted by molar-refractivity contribution is -0.122. The van der Waals surface area contributed by atoms with Gasteiger partial charge in [-0.25, -0.2) is 9.69 Å². The highest BCUT2D eigenvalue weighted by Crippen LogP contribution is 2.29. The largest absolute Gasteiger partial charge is 0.483 e. The van der Waals surface area contributed by atoms with Crippen molar-refractivity contribution in [3.63, 3.8) is 0 Å². The number of benzene rings is 3. The van der Waals surface area contributed by atoms with Crippen LogP contribution < -0.4 is 20.3 Å². The Morgan fingerprint density at radius 3 is 2.42 bits per heavy atom. The van der Waals surface area contributed by atoms with E-state index in [1.165, 1.54) is 18.2 Å². The summed E-state index contributed by atoms with van der Waals surface area (Å²) in [5.41, 5.74) is 4.81. The quantitative estimate of drug-likeness (QED) is 0.333. The van der Waals surface area contributed by atoms with Gasteiger partial charge < -0.3 is 10.1 Å². The summed E-state index contributed by atoms with van der Waals surface area (Å²) in [4.78, 5) is 52.0. The molecule has 0 aromatic heterocycles. The number of amides is 5. The van der Waals surface area contributed by atoms with Crippen LogP contribution in [0.15, 0.2) is 60.2 Å². The van der Waals surface area contributed by atoms with Crippen LogP contribution in [0, 0.1) is 27.7 Å². The second-order valence-corrected chi connectivity index (χ2v) is 9.50. The van der Waals surface area contributed by atoms with Gasteiger partial charge in [0.15, 0.2) is 6.61 Å². The number of ether oxygens (including phenoxy) is 1. The van der Waals surface area contributed by atoms with Gasteiger partial charge >= 0.3 is 6.03 Å². The average molecular weight is 532 g/mol. The molecule has 194 valence electrons. The molecule has 1 saturated heterocycles. The first kappa shape index (κ1) is 26.6. The van der Waals surface area contributed by atoms with E-state index in [-0.39, 0.29) is 23.8 Å². The van der Waals surface area contributed by atoms with E-state index in [0.717, 1.165) is 27.2 Å². The Bertz CT molecular complexity index is 1510. The van der Waals surface area contributed by atoms with Gasteiger partial charge in [0.05, 0.1) is 5.69 Å². The molecule has 5 amide bonds. The third-order valence-corrected chi connectivity index (χ3v) is 6.38. The molecule has 3 aromatic carbocycles. The number of nitrogens with one attached hydrogen (secondary N) is 2. The molecule has 1 fully saturated rings. The van der Waals surface area contributed by atoms with Crippen LogP contribution in [-0.4, -0.2) is 30.4 Å². The highest BCUT2D eigenvalue weighted by Gasteiger charge is 2.37. The van der Waals surface area contributed by atoms with E-state index in [1.807, 2.05) is 45.9 Å². The second-order valence-electron chi connectivity index (χ2n) is 9.06. The standard InChI is InChI=1S/C29H26ClN3O5/c1-16-5-6-18(3)24(11-16)31-26(34)15-38-25-10-8-21(30)13-20(25)14-23-27(35)32-29(37)33(28(23)36)22-9-7-17(2)19(4)12-22/h5-14H,15H2,1-4H3,(H,31,34)(H,32,35,37)/b23-14-. The molecule has 1 aliphatic rings. The number of carbonyl (C=O) groups excluding carboxylic acids is 4. The first-order valence-electron chi connectivity index (χ1n) is 11.8. The van der Waals surface area contributed by atoms with Gasteiger partial charge in [0.1, 0.15) is 11.3 Å². The monoisotopic (exact) mass is 531 g/mol. The van der Waals surface area contributed by atoms with Gasteiger partial charge in [0.2, 0.25) is 0 Å². The van der Waals surface area contributed by atoms with E-state index in [1.54, 1.807) is 24.3 Å². The van der Waals surface area contributed by atoms with E-state index in [2.05, 4.69) is 10.6 Å². The van der Waals surface area contributed by atoms with Gasteiger partial charge in [-0.2, -0.15) is 0 Å². The van der Waals surface area contributed by atoms with Gasteiger partial charge in [0, 0.05) is 16.3 Å². The molecule has 0 unspecified atom stereocenters. The third-order valence-electron chi connectivity index (χ3n) is 6.15. The van der Waals surface area contributed by atoms with Crippen molar-refractivity contribution in [3.8, 4) is 5.75 Å². The molecule has 0 radical (unpaired) electrons. The van der Waals surface area contributed by atoms with Crippen molar-refractivity contribution >= 4 is 52.8 Å². The molecule has 9 heteroatoms. The number of halogens is 1. The topological polar surface area (TPSA) is 105 Å². The van der Waals surface area contributed by atoms with Crippen molar-refractivity contribution < 1.29 is 23.9 Å². The fourth-order valence-electron chi connectivity index (χ4n) is 3.88. The number of hydrogen-bond acceptors (Lipinski definition) is 5. The van der Waals surface area contributed by atoms with Crippen LogP contribution >= 0.6 is 11.6 Å². The Kier molecular flexibility index (Phi) is 7.64. The predicted octanol–water partition coefficient (Wildman–Crippen LogP) is 5.26. The summed E-state index contributed by atoms with van der Waals surface area (Å²) in [7, 11) is 0. The zero-order valence-corrected chi connectivity index (χ0v) is 22.1. The lowest BCUT2D eigenvalue weighted by Crippen LogP contribution is -2.54. The molecule has 4 rings (SSSR count). The third kappa shape index (κ3) is 5.76. The van der Waals surface area contributed by atoms with Crippen LogP contribution in [0.4, 0.5) is 16.2 Å². The van der Waals surface area contributed by atoms with Crippen molar-refractivity contribution in [2.45, 2.75) is 27.7 Å². The number of aryl methyl sites for hydroxylation is 4. The smallest absolute Gasteiger partial charge is 0.335 e. The van der Waals surface area contributed by atoms with Crippen molar-refractivity contribution in [3.05, 3.63) is 93.0 Å². The number of barbiturate groups is 1. The fourth-order valence-corrected chi connectivity index (χ4v) is 4.06. The molecule has 3 aromatic rings. The summed E-state index contributed by atoms with van der Waals surface area (Å²) in [6.45, 7) is 7.26. The molecule has 0 bridgehead atoms. The first-order chi connectivity index (χ1) is 18.0. The SMILES string of the molecule is Cc1ccc(C)c(NC(=O)COc2ccc(Cl)cc2/C=C2/C(=O)NC(=O)N(c3ccc(C)c(C)c3)C2=O)c1. The van der Waals surface area contributed by atoms with Crippen LogP contribution in [0.3, 0.4) is 0 Å². The summed E-state index contributed by atoms with van der Waals surface area (Å²) in [5.74, 6) is -1.79. The molecule has 0 aliphatic carbocycles. The van der Waals surface area contributed by atoms with Crippen molar-refractivity contribution in [2.75, 3.05) is 16.8 Å². The Balaban J connectivity index is 1.59. The number of carbonyl (C=O) groups is 4. The van der Waals surface area contributed by atoms with Crippen molar-refractivity contribution in [1.29, 1.82) is 0 Å². The van der Waals surface area contributed by atoms with E-state index in [0.29, 0.717) is 22.0 Å². The number of imide groups is 2. The molecule has 1 heterocycles. The fraction of sp³-hybridized carbons (Fsp3) is 0.172. The van der Waals surface area contributed by atoms with Crippen LogP contribution in [0.1, 0.15) is 27.8 Å². The zero-order chi connectivity index (χ0) is 27.6. The zero-order valence-electron chi connectivity index (χ0n) is 21.3. The predicted molar refractivity (Wildman–Crippen MR) is 146 cm³/mol. The number of urea groups is 1. The normalized spacial score (nSPS) is 14.5. The molecule has 2 N–H and O–H groups in total. The number of hydrogen-bond donors (Lipinski definition) is 2. The van der Waals surface area contributed by atoms with Crippen molar-refractivity contribution in [2.24, 2.45) is 0 Å². The van der Waals surface area contributed by atoms with Gasteiger partial charge in [-0.3, -0.25) is 19.7 Å². The van der Waals surface area contributed by atoms with Gasteiger partial charge in [-0.15, -0.1) is 0 Å². The molecule has 0 spiro atoms. The molecule has 1 aliphatic heterocycles. The molecule has 0 atom stereocenters. The van der Waals surface area contributed by atoms with Gasteiger partial charge in [0.25, 0.3) is 17.7 Å². The maximum Gasteiger partial charge on any atom is 0.335 e. The number of anilines is 2. The minimum absolute atomic E-state index is 0.230. The maximum absolute atomic E-state index is 13.3. The Morgan fingerprint density at radius 1 is 0.947 bits per heavy atom. The lowest BCUT2D eigenvalue weighted by Gasteiger charge is -2.27. The Hall–Kier alpha value is -4.43. The number of rotatable bonds is 6. The van der Waals surface area contributed by atoms with Crippen molar-refractivity contribution in [1.82, 2.24) is 5.32 Å². The van der Waals surface area contributed by atoms with Crippen LogP contribution in [0.25, 0.3) is 6.08 Å². The summed E-state index contributed by atoms with van der Waals surface area (Å²) in [5, 5.41) is 5.35. The lowest BCUT2D eigenvalue weighted by atomic mass is 10.0. The first-order valence-corrected chi connectivity index (χ1v) is 12.2. The van der Waals surface area contributed by atoms with Gasteiger partial charge in [-0.1, -0.05) is 29.8 Å². The molecular weight excluding hydrogens is 506 g/mol. The number of nitrogens with zero attached hydrogens (tertiary/aromatic N) is 1. The van der Waals surface area contributed by atoms with E-state index in [9.17, 15) is 19.2 Å². The Morgan fingerprint density at radius 2 is 1.68 bits per heavy atom. The van der Waals surface area contributed by atoms with Crippen LogP contribution in [-0.2, 0) is 14.4 Å². The minimum atomic E-state index is -0.848. The van der Waals surface area contributed by atoms with E-state index < -0.39 is 17.8 Å². The van der Waals surface area contributed by atoms with Crippen LogP contribution in [0.5, 0.6) is 5.75 Å². The molecule has 38 heavy (non-hydrogen) atoms. The highest BCUT2D eigenvalue weighted by molar-refractivity contribution is 6.39. The summed E-state index contributed by atoms with van der Waals surface area (Å²) in [6, 6.07) is 14.6. The van der Waals surface area contributed by atoms with Crippen LogP contribution in [0.2, 0.25) is 5.02 Å². The second kappa shape index (κ2) is 10.9. The highest BCUT2D eigenvalue weighted by atomic mass is 35.5. The van der Waals surface area contributed by atoms with E-state index >= 15 is 0 Å². The molecule has 0 saturated carbocycles. The van der Waals surface area contributed by atoms with E-state index in [4.69, 9.17) is 16.3 Å².